The molecule has 1 N–H and O–H groups in total. The van der Waals surface area contributed by atoms with Crippen LogP contribution in [-0.4, -0.2) is 65.8 Å². The second-order valence-corrected chi connectivity index (χ2v) is 6.72. The maximum absolute atomic E-state index is 5.49. The summed E-state index contributed by atoms with van der Waals surface area (Å²) in [5, 5.41) is 7.59. The van der Waals surface area contributed by atoms with E-state index in [2.05, 4.69) is 39.1 Å². The van der Waals surface area contributed by atoms with Crippen LogP contribution < -0.4 is 5.32 Å². The lowest BCUT2D eigenvalue weighted by molar-refractivity contribution is 0.00781. The van der Waals surface area contributed by atoms with E-state index < -0.39 is 0 Å². The van der Waals surface area contributed by atoms with Crippen molar-refractivity contribution >= 4 is 0 Å². The summed E-state index contributed by atoms with van der Waals surface area (Å²) in [4.78, 5) is 9.64. The molecule has 21 heavy (non-hydrogen) atoms. The zero-order chi connectivity index (χ0) is 14.8. The zero-order valence-corrected chi connectivity index (χ0v) is 13.4. The molecule has 0 spiro atoms. The highest BCUT2D eigenvalue weighted by Gasteiger charge is 2.35. The molecule has 0 saturated carbocycles. The Morgan fingerprint density at radius 1 is 1.29 bits per heavy atom. The molecular formula is C15H27N5O. The number of rotatable bonds is 6. The quantitative estimate of drug-likeness (QED) is 0.842. The standard InChI is InChI=1S/C15H27N5O/c1-11(2)8-12(16-3)9-14-17-15(18-21-14)13-10-19-4-6-20(13)7-5-19/h11-13,16H,4-10H2,1-3H3. The summed E-state index contributed by atoms with van der Waals surface area (Å²) in [5.74, 6) is 2.30. The number of hydrogen-bond donors (Lipinski definition) is 1. The van der Waals surface area contributed by atoms with Crippen LogP contribution in [0.25, 0.3) is 0 Å². The number of likely N-dealkylation sites (N-methyl/N-ethyl adjacent to an activating group) is 1. The first-order valence-corrected chi connectivity index (χ1v) is 8.12. The van der Waals surface area contributed by atoms with Gasteiger partial charge in [-0.15, -0.1) is 0 Å². The van der Waals surface area contributed by atoms with Crippen LogP contribution in [0.15, 0.2) is 4.52 Å². The molecule has 3 fully saturated rings. The molecule has 118 valence electrons. The largest absolute Gasteiger partial charge is 0.339 e. The fourth-order valence-corrected chi connectivity index (χ4v) is 3.43. The van der Waals surface area contributed by atoms with Gasteiger partial charge < -0.3 is 9.84 Å². The molecule has 3 saturated heterocycles. The van der Waals surface area contributed by atoms with Gasteiger partial charge in [0.2, 0.25) is 5.89 Å². The summed E-state index contributed by atoms with van der Waals surface area (Å²) < 4.78 is 5.49. The van der Waals surface area contributed by atoms with E-state index >= 15 is 0 Å². The van der Waals surface area contributed by atoms with Gasteiger partial charge in [-0.05, 0) is 19.4 Å². The lowest BCUT2D eigenvalue weighted by Crippen LogP contribution is -2.57. The average molecular weight is 293 g/mol. The predicted molar refractivity (Wildman–Crippen MR) is 81.1 cm³/mol. The Labute approximate surface area is 126 Å². The van der Waals surface area contributed by atoms with Gasteiger partial charge in [0.25, 0.3) is 0 Å². The first-order valence-electron chi connectivity index (χ1n) is 8.12. The molecule has 3 aliphatic rings. The summed E-state index contributed by atoms with van der Waals surface area (Å²) in [6, 6.07) is 0.730. The molecule has 2 bridgehead atoms. The minimum atomic E-state index is 0.322. The van der Waals surface area contributed by atoms with Crippen molar-refractivity contribution in [2.45, 2.75) is 38.8 Å². The molecule has 2 unspecified atom stereocenters. The highest BCUT2D eigenvalue weighted by molar-refractivity contribution is 5.02. The second kappa shape index (κ2) is 6.42. The Morgan fingerprint density at radius 3 is 2.62 bits per heavy atom. The van der Waals surface area contributed by atoms with Crippen molar-refractivity contribution in [1.82, 2.24) is 25.3 Å². The monoisotopic (exact) mass is 293 g/mol. The Balaban J connectivity index is 1.63. The van der Waals surface area contributed by atoms with Crippen LogP contribution in [0.3, 0.4) is 0 Å². The topological polar surface area (TPSA) is 57.4 Å². The smallest absolute Gasteiger partial charge is 0.228 e. The molecule has 0 aromatic carbocycles. The Kier molecular flexibility index (Phi) is 4.57. The van der Waals surface area contributed by atoms with Crippen molar-refractivity contribution in [1.29, 1.82) is 0 Å². The Morgan fingerprint density at radius 2 is 2.05 bits per heavy atom. The van der Waals surface area contributed by atoms with Crippen molar-refractivity contribution < 1.29 is 4.52 Å². The van der Waals surface area contributed by atoms with Crippen LogP contribution in [0.1, 0.15) is 38.0 Å². The van der Waals surface area contributed by atoms with Gasteiger partial charge in [0.05, 0.1) is 6.04 Å². The summed E-state index contributed by atoms with van der Waals surface area (Å²) in [6.45, 7) is 10.1. The average Bonchev–Trinajstić information content (AvgIpc) is 2.95. The first-order chi connectivity index (χ1) is 10.2. The third-order valence-corrected chi connectivity index (χ3v) is 4.65. The first kappa shape index (κ1) is 14.9. The van der Waals surface area contributed by atoms with E-state index in [1.165, 1.54) is 13.1 Å². The Bertz CT molecular complexity index is 453. The zero-order valence-electron chi connectivity index (χ0n) is 13.4. The number of nitrogens with zero attached hydrogens (tertiary/aromatic N) is 4. The van der Waals surface area contributed by atoms with E-state index in [9.17, 15) is 0 Å². The van der Waals surface area contributed by atoms with E-state index in [1.54, 1.807) is 0 Å². The third kappa shape index (κ3) is 3.44. The number of hydrogen-bond acceptors (Lipinski definition) is 6. The SMILES string of the molecule is CNC(Cc1nc(C2CN3CCN2CC3)no1)CC(C)C. The van der Waals surface area contributed by atoms with E-state index in [4.69, 9.17) is 4.52 Å². The maximum Gasteiger partial charge on any atom is 0.228 e. The van der Waals surface area contributed by atoms with Gasteiger partial charge in [-0.1, -0.05) is 19.0 Å². The fourth-order valence-electron chi connectivity index (χ4n) is 3.43. The van der Waals surface area contributed by atoms with Crippen LogP contribution in [0.4, 0.5) is 0 Å². The summed E-state index contributed by atoms with van der Waals surface area (Å²) in [5.41, 5.74) is 0. The summed E-state index contributed by atoms with van der Waals surface area (Å²) >= 11 is 0. The van der Waals surface area contributed by atoms with Gasteiger partial charge >= 0.3 is 0 Å². The van der Waals surface area contributed by atoms with Gasteiger partial charge in [0.15, 0.2) is 5.82 Å². The number of nitrogens with one attached hydrogen (secondary N) is 1. The van der Waals surface area contributed by atoms with E-state index in [-0.39, 0.29) is 0 Å². The third-order valence-electron chi connectivity index (χ3n) is 4.65. The van der Waals surface area contributed by atoms with Crippen molar-refractivity contribution in [3.63, 3.8) is 0 Å². The number of aromatic nitrogens is 2. The molecule has 6 heteroatoms. The van der Waals surface area contributed by atoms with Gasteiger partial charge in [0, 0.05) is 45.2 Å². The van der Waals surface area contributed by atoms with Gasteiger partial charge in [-0.2, -0.15) is 4.98 Å². The highest BCUT2D eigenvalue weighted by atomic mass is 16.5. The van der Waals surface area contributed by atoms with Crippen molar-refractivity contribution in [3.8, 4) is 0 Å². The lowest BCUT2D eigenvalue weighted by atomic mass is 10.0. The molecule has 4 heterocycles. The number of piperazine rings is 3. The van der Waals surface area contributed by atoms with Crippen molar-refractivity contribution in [2.75, 3.05) is 39.8 Å². The molecule has 1 aromatic rings. The van der Waals surface area contributed by atoms with Crippen LogP contribution in [-0.2, 0) is 6.42 Å². The molecule has 0 amide bonds. The molecule has 4 rings (SSSR count). The van der Waals surface area contributed by atoms with Gasteiger partial charge in [0.1, 0.15) is 0 Å². The predicted octanol–water partition coefficient (Wildman–Crippen LogP) is 0.919. The molecular weight excluding hydrogens is 266 g/mol. The highest BCUT2D eigenvalue weighted by Crippen LogP contribution is 2.27. The fraction of sp³-hybridized carbons (Fsp3) is 0.867. The maximum atomic E-state index is 5.49. The van der Waals surface area contributed by atoms with Crippen molar-refractivity contribution in [3.05, 3.63) is 11.7 Å². The minimum Gasteiger partial charge on any atom is -0.339 e. The summed E-state index contributed by atoms with van der Waals surface area (Å²) in [6.07, 6.45) is 1.94. The Hall–Kier alpha value is -0.980. The lowest BCUT2D eigenvalue weighted by Gasteiger charge is -2.46. The van der Waals surface area contributed by atoms with E-state index in [0.29, 0.717) is 18.0 Å². The number of fused-ring (bicyclic) bond motifs is 3. The molecule has 3 aliphatic heterocycles. The molecule has 0 aliphatic carbocycles. The summed E-state index contributed by atoms with van der Waals surface area (Å²) in [7, 11) is 2.00. The van der Waals surface area contributed by atoms with Crippen LogP contribution in [0.2, 0.25) is 0 Å². The van der Waals surface area contributed by atoms with E-state index in [1.807, 2.05) is 7.05 Å². The van der Waals surface area contributed by atoms with Crippen LogP contribution >= 0.6 is 0 Å². The van der Waals surface area contributed by atoms with Crippen molar-refractivity contribution in [2.24, 2.45) is 5.92 Å². The second-order valence-electron chi connectivity index (χ2n) is 6.72. The molecule has 1 aromatic heterocycles. The normalized spacial score (nSPS) is 30.0. The molecule has 6 nitrogen and oxygen atoms in total. The minimum absolute atomic E-state index is 0.322. The van der Waals surface area contributed by atoms with Crippen LogP contribution in [0, 0.1) is 5.92 Å². The van der Waals surface area contributed by atoms with Crippen LogP contribution in [0.5, 0.6) is 0 Å². The van der Waals surface area contributed by atoms with Gasteiger partial charge in [-0.3, -0.25) is 9.80 Å². The molecule has 0 radical (unpaired) electrons. The molecule has 2 atom stereocenters. The van der Waals surface area contributed by atoms with E-state index in [0.717, 1.165) is 44.2 Å². The van der Waals surface area contributed by atoms with Gasteiger partial charge in [-0.25, -0.2) is 0 Å².